The van der Waals surface area contributed by atoms with E-state index in [0.717, 1.165) is 6.42 Å². The van der Waals surface area contributed by atoms with Crippen molar-refractivity contribution in [1.82, 2.24) is 0 Å². The summed E-state index contributed by atoms with van der Waals surface area (Å²) in [5, 5.41) is 0. The van der Waals surface area contributed by atoms with E-state index in [1.54, 1.807) is 0 Å². The molecule has 1 heterocycles. The summed E-state index contributed by atoms with van der Waals surface area (Å²) in [5.41, 5.74) is 5.33. The molecule has 2 atom stereocenters. The topological polar surface area (TPSA) is 52.3 Å². The van der Waals surface area contributed by atoms with Crippen molar-refractivity contribution in [2.24, 2.45) is 17.6 Å². The van der Waals surface area contributed by atoms with Crippen LogP contribution >= 0.6 is 0 Å². The van der Waals surface area contributed by atoms with Gasteiger partial charge in [-0.1, -0.05) is 13.8 Å². The van der Waals surface area contributed by atoms with E-state index in [-0.39, 0.29) is 29.3 Å². The average molecular weight is 227 g/mol. The molecule has 1 saturated heterocycles. The maximum atomic E-state index is 12.3. The Morgan fingerprint density at radius 3 is 2.12 bits per heavy atom. The Morgan fingerprint density at radius 2 is 1.81 bits per heavy atom. The normalized spacial score (nSPS) is 29.4. The van der Waals surface area contributed by atoms with Crippen LogP contribution in [0.3, 0.4) is 0 Å². The van der Waals surface area contributed by atoms with Crippen LogP contribution in [-0.2, 0) is 9.53 Å². The molecule has 94 valence electrons. The van der Waals surface area contributed by atoms with Crippen LogP contribution in [-0.4, -0.2) is 23.0 Å². The predicted octanol–water partition coefficient (Wildman–Crippen LogP) is 2.13. The minimum atomic E-state index is -0.396. The Balaban J connectivity index is 2.85. The maximum absolute atomic E-state index is 12.3. The third kappa shape index (κ3) is 2.64. The lowest BCUT2D eigenvalue weighted by Gasteiger charge is -2.28. The summed E-state index contributed by atoms with van der Waals surface area (Å²) in [4.78, 5) is 12.3. The SMILES string of the molecule is CC(C)C(N)C(=O)C1CC(C)(C)OC1(C)C. The van der Waals surface area contributed by atoms with Crippen molar-refractivity contribution < 1.29 is 9.53 Å². The zero-order chi connectivity index (χ0) is 12.7. The van der Waals surface area contributed by atoms with Gasteiger partial charge in [-0.2, -0.15) is 0 Å². The fourth-order valence-electron chi connectivity index (χ4n) is 2.57. The van der Waals surface area contributed by atoms with Gasteiger partial charge in [-0.3, -0.25) is 4.79 Å². The van der Waals surface area contributed by atoms with Gasteiger partial charge in [0.25, 0.3) is 0 Å². The number of rotatable bonds is 3. The summed E-state index contributed by atoms with van der Waals surface area (Å²) >= 11 is 0. The first-order valence-electron chi connectivity index (χ1n) is 6.06. The van der Waals surface area contributed by atoms with Crippen molar-refractivity contribution in [3.63, 3.8) is 0 Å². The second kappa shape index (κ2) is 4.11. The lowest BCUT2D eigenvalue weighted by Crippen LogP contribution is -2.45. The molecule has 0 aromatic rings. The van der Waals surface area contributed by atoms with Crippen molar-refractivity contribution >= 4 is 5.78 Å². The van der Waals surface area contributed by atoms with Crippen LogP contribution in [0.15, 0.2) is 0 Å². The first-order chi connectivity index (χ1) is 7.07. The molecule has 0 aliphatic carbocycles. The van der Waals surface area contributed by atoms with Crippen LogP contribution in [0, 0.1) is 11.8 Å². The lowest BCUT2D eigenvalue weighted by molar-refractivity contribution is -0.131. The van der Waals surface area contributed by atoms with Gasteiger partial charge < -0.3 is 10.5 Å². The fourth-order valence-corrected chi connectivity index (χ4v) is 2.57. The zero-order valence-electron chi connectivity index (χ0n) is 11.3. The Hall–Kier alpha value is -0.410. The molecule has 0 aromatic heterocycles. The second-order valence-electron chi connectivity index (χ2n) is 6.39. The molecule has 3 heteroatoms. The van der Waals surface area contributed by atoms with Crippen LogP contribution in [0.5, 0.6) is 0 Å². The first-order valence-corrected chi connectivity index (χ1v) is 6.06. The largest absolute Gasteiger partial charge is 0.369 e. The molecule has 0 amide bonds. The Bertz CT molecular complexity index is 282. The fraction of sp³-hybridized carbons (Fsp3) is 0.923. The van der Waals surface area contributed by atoms with Crippen LogP contribution in [0.2, 0.25) is 0 Å². The van der Waals surface area contributed by atoms with Gasteiger partial charge in [0.15, 0.2) is 5.78 Å². The van der Waals surface area contributed by atoms with Gasteiger partial charge in [0.05, 0.1) is 23.2 Å². The Kier molecular flexibility index (Phi) is 3.51. The van der Waals surface area contributed by atoms with Crippen LogP contribution < -0.4 is 5.73 Å². The standard InChI is InChI=1S/C13H25NO2/c1-8(2)10(14)11(15)9-7-12(3,4)16-13(9,5)6/h8-10H,7,14H2,1-6H3. The molecule has 16 heavy (non-hydrogen) atoms. The highest BCUT2D eigenvalue weighted by atomic mass is 16.5. The highest BCUT2D eigenvalue weighted by Crippen LogP contribution is 2.42. The van der Waals surface area contributed by atoms with E-state index in [9.17, 15) is 4.79 Å². The minimum absolute atomic E-state index is 0.0834. The number of hydrogen-bond acceptors (Lipinski definition) is 3. The van der Waals surface area contributed by atoms with Gasteiger partial charge in [0.2, 0.25) is 0 Å². The molecule has 2 N–H and O–H groups in total. The van der Waals surface area contributed by atoms with Gasteiger partial charge >= 0.3 is 0 Å². The molecule has 0 radical (unpaired) electrons. The van der Waals surface area contributed by atoms with E-state index in [4.69, 9.17) is 10.5 Å². The van der Waals surface area contributed by atoms with Crippen LogP contribution in [0.1, 0.15) is 48.0 Å². The minimum Gasteiger partial charge on any atom is -0.369 e. The van der Waals surface area contributed by atoms with E-state index < -0.39 is 5.60 Å². The molecule has 1 fully saturated rings. The summed E-state index contributed by atoms with van der Waals surface area (Å²) in [6.45, 7) is 12.0. The maximum Gasteiger partial charge on any atom is 0.155 e. The third-order valence-electron chi connectivity index (χ3n) is 3.46. The van der Waals surface area contributed by atoms with Gasteiger partial charge in [-0.25, -0.2) is 0 Å². The van der Waals surface area contributed by atoms with E-state index in [1.807, 2.05) is 41.5 Å². The van der Waals surface area contributed by atoms with Crippen molar-refractivity contribution in [1.29, 1.82) is 0 Å². The summed E-state index contributed by atoms with van der Waals surface area (Å²) in [6, 6.07) is -0.373. The van der Waals surface area contributed by atoms with Crippen molar-refractivity contribution in [2.75, 3.05) is 0 Å². The lowest BCUT2D eigenvalue weighted by atomic mass is 9.79. The smallest absolute Gasteiger partial charge is 0.155 e. The number of carbonyl (C=O) groups is 1. The number of hydrogen-bond donors (Lipinski definition) is 1. The molecule has 3 nitrogen and oxygen atoms in total. The van der Waals surface area contributed by atoms with Gasteiger partial charge in [0.1, 0.15) is 0 Å². The molecule has 1 aliphatic heterocycles. The highest BCUT2D eigenvalue weighted by Gasteiger charge is 2.50. The summed E-state index contributed by atoms with van der Waals surface area (Å²) < 4.78 is 5.92. The van der Waals surface area contributed by atoms with Gasteiger partial charge in [-0.05, 0) is 40.0 Å². The van der Waals surface area contributed by atoms with Gasteiger partial charge in [-0.15, -0.1) is 0 Å². The van der Waals surface area contributed by atoms with Crippen LogP contribution in [0.25, 0.3) is 0 Å². The Morgan fingerprint density at radius 1 is 1.31 bits per heavy atom. The first kappa shape index (κ1) is 13.7. The van der Waals surface area contributed by atoms with E-state index in [0.29, 0.717) is 0 Å². The zero-order valence-corrected chi connectivity index (χ0v) is 11.3. The molecular formula is C13H25NO2. The van der Waals surface area contributed by atoms with Crippen LogP contribution in [0.4, 0.5) is 0 Å². The number of Topliss-reactive ketones (excluding diaryl/α,β-unsaturated/α-hetero) is 1. The second-order valence-corrected chi connectivity index (χ2v) is 6.39. The molecular weight excluding hydrogens is 202 g/mol. The average Bonchev–Trinajstić information content (AvgIpc) is 2.31. The van der Waals surface area contributed by atoms with Crippen molar-refractivity contribution in [3.05, 3.63) is 0 Å². The van der Waals surface area contributed by atoms with E-state index in [1.165, 1.54) is 0 Å². The number of ketones is 1. The highest BCUT2D eigenvalue weighted by molar-refractivity contribution is 5.87. The monoisotopic (exact) mass is 227 g/mol. The molecule has 0 aromatic carbocycles. The third-order valence-corrected chi connectivity index (χ3v) is 3.46. The molecule has 1 rings (SSSR count). The summed E-state index contributed by atoms with van der Waals surface area (Å²) in [6.07, 6.45) is 0.763. The predicted molar refractivity (Wildman–Crippen MR) is 65.2 cm³/mol. The molecule has 0 spiro atoms. The van der Waals surface area contributed by atoms with E-state index >= 15 is 0 Å². The number of nitrogens with two attached hydrogens (primary N) is 1. The molecule has 1 aliphatic rings. The molecule has 2 unspecified atom stereocenters. The van der Waals surface area contributed by atoms with Crippen molar-refractivity contribution in [3.8, 4) is 0 Å². The summed E-state index contributed by atoms with van der Waals surface area (Å²) in [5.74, 6) is 0.248. The quantitative estimate of drug-likeness (QED) is 0.803. The number of carbonyl (C=O) groups excluding carboxylic acids is 1. The van der Waals surface area contributed by atoms with E-state index in [2.05, 4.69) is 0 Å². The Labute approximate surface area is 98.7 Å². The molecule has 0 saturated carbocycles. The number of ether oxygens (including phenoxy) is 1. The summed E-state index contributed by atoms with van der Waals surface area (Å²) in [7, 11) is 0. The molecule has 0 bridgehead atoms. The van der Waals surface area contributed by atoms with Crippen molar-refractivity contribution in [2.45, 2.75) is 65.2 Å². The van der Waals surface area contributed by atoms with Gasteiger partial charge in [0, 0.05) is 0 Å².